The first kappa shape index (κ1) is 21.1. The number of amides is 1. The van der Waals surface area contributed by atoms with E-state index in [4.69, 9.17) is 29.0 Å². The first-order valence-corrected chi connectivity index (χ1v) is 9.58. The van der Waals surface area contributed by atoms with Crippen LogP contribution in [0.4, 0.5) is 11.4 Å². The van der Waals surface area contributed by atoms with E-state index in [-0.39, 0.29) is 29.6 Å². The van der Waals surface area contributed by atoms with Gasteiger partial charge in [0.05, 0.1) is 5.69 Å². The Hall–Kier alpha value is -2.61. The molecule has 2 aromatic carbocycles. The van der Waals surface area contributed by atoms with E-state index in [2.05, 4.69) is 5.32 Å². The molecule has 1 heterocycles. The molecule has 0 bridgehead atoms. The van der Waals surface area contributed by atoms with Crippen LogP contribution >= 0.6 is 23.2 Å². The number of carbonyl (C=O) groups excluding carboxylic acids is 2. The predicted octanol–water partition coefficient (Wildman–Crippen LogP) is 3.38. The molecule has 3 rings (SSSR count). The number of carboxylic acids is 1. The van der Waals surface area contributed by atoms with Crippen molar-refractivity contribution >= 4 is 52.2 Å². The summed E-state index contributed by atoms with van der Waals surface area (Å²) in [5, 5.41) is 13.9. The Bertz CT molecular complexity index is 978. The Balaban J connectivity index is 1.90. The standard InChI is InChI=1S/C20H19Cl2N3O4/c1-10(26)24-13-4-2-11(3-5-13)6-18(27)14-9-17(20(28)29)25(23)16-8-12(21)7-15(22)19(14)16/h2-5,7-8,14,17H,6,9,23H2,1H3,(H,24,26)(H,28,29)/t14-,17-/m1/s1. The molecule has 29 heavy (non-hydrogen) atoms. The lowest BCUT2D eigenvalue weighted by Gasteiger charge is -2.37. The van der Waals surface area contributed by atoms with Crippen molar-refractivity contribution in [3.8, 4) is 0 Å². The minimum absolute atomic E-state index is 0.00297. The number of hydrogen-bond donors (Lipinski definition) is 3. The minimum atomic E-state index is -1.13. The molecule has 0 aromatic heterocycles. The van der Waals surface area contributed by atoms with Crippen LogP contribution in [0.25, 0.3) is 0 Å². The fourth-order valence-electron chi connectivity index (χ4n) is 3.50. The highest BCUT2D eigenvalue weighted by Gasteiger charge is 2.40. The molecule has 4 N–H and O–H groups in total. The molecule has 0 unspecified atom stereocenters. The molecule has 7 nitrogen and oxygen atoms in total. The van der Waals surface area contributed by atoms with Crippen molar-refractivity contribution < 1.29 is 19.5 Å². The van der Waals surface area contributed by atoms with Crippen LogP contribution in [0.15, 0.2) is 36.4 Å². The maximum atomic E-state index is 13.1. The van der Waals surface area contributed by atoms with Gasteiger partial charge in [0.15, 0.2) is 0 Å². The zero-order valence-electron chi connectivity index (χ0n) is 15.5. The number of fused-ring (bicyclic) bond motifs is 1. The monoisotopic (exact) mass is 435 g/mol. The number of rotatable bonds is 5. The van der Waals surface area contributed by atoms with Gasteiger partial charge < -0.3 is 10.4 Å². The second-order valence-corrected chi connectivity index (χ2v) is 7.73. The number of halogens is 2. The first-order valence-electron chi connectivity index (χ1n) is 8.82. The average Bonchev–Trinajstić information content (AvgIpc) is 2.63. The van der Waals surface area contributed by atoms with Gasteiger partial charge in [-0.1, -0.05) is 35.3 Å². The SMILES string of the molecule is CC(=O)Nc1ccc(CC(=O)[C@H]2C[C@H](C(=O)O)N(N)c3cc(Cl)cc(Cl)c32)cc1. The number of ketones is 1. The summed E-state index contributed by atoms with van der Waals surface area (Å²) in [4.78, 5) is 35.9. The van der Waals surface area contributed by atoms with E-state index in [0.717, 1.165) is 10.6 Å². The molecular weight excluding hydrogens is 417 g/mol. The summed E-state index contributed by atoms with van der Waals surface area (Å²) >= 11 is 12.4. The molecule has 0 saturated heterocycles. The molecule has 1 aliphatic rings. The van der Waals surface area contributed by atoms with E-state index in [9.17, 15) is 19.5 Å². The summed E-state index contributed by atoms with van der Waals surface area (Å²) < 4.78 is 0. The summed E-state index contributed by atoms with van der Waals surface area (Å²) in [5.41, 5.74) is 2.17. The van der Waals surface area contributed by atoms with Gasteiger partial charge in [-0.3, -0.25) is 14.6 Å². The highest BCUT2D eigenvalue weighted by molar-refractivity contribution is 6.36. The van der Waals surface area contributed by atoms with Gasteiger partial charge in [0, 0.05) is 40.6 Å². The van der Waals surface area contributed by atoms with Gasteiger partial charge in [-0.25, -0.2) is 10.6 Å². The average molecular weight is 436 g/mol. The highest BCUT2D eigenvalue weighted by atomic mass is 35.5. The molecular formula is C20H19Cl2N3O4. The lowest BCUT2D eigenvalue weighted by molar-refractivity contribution is -0.139. The van der Waals surface area contributed by atoms with Gasteiger partial charge in [0.25, 0.3) is 0 Å². The van der Waals surface area contributed by atoms with E-state index < -0.39 is 17.9 Å². The molecule has 1 aliphatic heterocycles. The number of carbonyl (C=O) groups is 3. The first-order chi connectivity index (χ1) is 13.7. The molecule has 0 saturated carbocycles. The molecule has 2 atom stereocenters. The van der Waals surface area contributed by atoms with Crippen molar-refractivity contribution in [2.75, 3.05) is 10.3 Å². The van der Waals surface area contributed by atoms with Crippen molar-refractivity contribution in [1.82, 2.24) is 0 Å². The van der Waals surface area contributed by atoms with Gasteiger partial charge in [-0.2, -0.15) is 0 Å². The highest BCUT2D eigenvalue weighted by Crippen LogP contribution is 2.43. The van der Waals surface area contributed by atoms with Crippen molar-refractivity contribution in [1.29, 1.82) is 0 Å². The zero-order chi connectivity index (χ0) is 21.3. The number of aliphatic carboxylic acids is 1. The number of nitrogens with two attached hydrogens (primary N) is 1. The van der Waals surface area contributed by atoms with Gasteiger partial charge in [-0.05, 0) is 36.2 Å². The third-order valence-corrected chi connectivity index (χ3v) is 5.35. The Labute approximate surface area is 177 Å². The quantitative estimate of drug-likeness (QED) is 0.620. The van der Waals surface area contributed by atoms with Crippen molar-refractivity contribution in [3.05, 3.63) is 57.6 Å². The predicted molar refractivity (Wildman–Crippen MR) is 111 cm³/mol. The van der Waals surface area contributed by atoms with Crippen molar-refractivity contribution in [2.24, 2.45) is 5.84 Å². The second-order valence-electron chi connectivity index (χ2n) is 6.89. The van der Waals surface area contributed by atoms with Crippen LogP contribution in [0, 0.1) is 0 Å². The molecule has 0 fully saturated rings. The van der Waals surface area contributed by atoms with Gasteiger partial charge in [-0.15, -0.1) is 0 Å². The van der Waals surface area contributed by atoms with Crippen LogP contribution in [0.5, 0.6) is 0 Å². The number of nitrogens with zero attached hydrogens (tertiary/aromatic N) is 1. The van der Waals surface area contributed by atoms with Crippen LogP contribution in [0.1, 0.15) is 30.4 Å². The third kappa shape index (κ3) is 4.53. The fourth-order valence-corrected chi connectivity index (χ4v) is 4.11. The summed E-state index contributed by atoms with van der Waals surface area (Å²) in [6.07, 6.45) is 0.0866. The maximum Gasteiger partial charge on any atom is 0.327 e. The van der Waals surface area contributed by atoms with E-state index in [1.54, 1.807) is 24.3 Å². The van der Waals surface area contributed by atoms with Crippen LogP contribution in [-0.2, 0) is 20.8 Å². The number of hydrazine groups is 1. The Morgan fingerprint density at radius 2 is 1.86 bits per heavy atom. The molecule has 0 spiro atoms. The number of hydrogen-bond acceptors (Lipinski definition) is 5. The number of nitrogens with one attached hydrogen (secondary N) is 1. The van der Waals surface area contributed by atoms with E-state index in [1.165, 1.54) is 19.1 Å². The van der Waals surface area contributed by atoms with Crippen molar-refractivity contribution in [3.63, 3.8) is 0 Å². The smallest absolute Gasteiger partial charge is 0.327 e. The summed E-state index contributed by atoms with van der Waals surface area (Å²) in [5.74, 6) is 3.76. The largest absolute Gasteiger partial charge is 0.480 e. The lowest BCUT2D eigenvalue weighted by Crippen LogP contribution is -2.51. The van der Waals surface area contributed by atoms with Crippen LogP contribution in [-0.4, -0.2) is 28.8 Å². The topological polar surface area (TPSA) is 113 Å². The summed E-state index contributed by atoms with van der Waals surface area (Å²) in [6.45, 7) is 1.41. The Morgan fingerprint density at radius 1 is 1.21 bits per heavy atom. The van der Waals surface area contributed by atoms with E-state index in [1.807, 2.05) is 0 Å². The van der Waals surface area contributed by atoms with Crippen LogP contribution in [0.3, 0.4) is 0 Å². The third-order valence-electron chi connectivity index (χ3n) is 4.82. The normalized spacial score (nSPS) is 18.1. The minimum Gasteiger partial charge on any atom is -0.480 e. The zero-order valence-corrected chi connectivity index (χ0v) is 17.0. The number of benzene rings is 2. The second kappa shape index (κ2) is 8.41. The fraction of sp³-hybridized carbons (Fsp3) is 0.250. The van der Waals surface area contributed by atoms with Gasteiger partial charge >= 0.3 is 5.97 Å². The van der Waals surface area contributed by atoms with Gasteiger partial charge in [0.1, 0.15) is 11.8 Å². The Kier molecular flexibility index (Phi) is 6.12. The molecule has 0 aliphatic carbocycles. The lowest BCUT2D eigenvalue weighted by atomic mass is 9.81. The number of carboxylic acid groups (broad SMARTS) is 1. The summed E-state index contributed by atoms with van der Waals surface area (Å²) in [6, 6.07) is 8.83. The molecule has 2 aromatic rings. The van der Waals surface area contributed by atoms with Crippen LogP contribution in [0.2, 0.25) is 10.0 Å². The van der Waals surface area contributed by atoms with Crippen LogP contribution < -0.4 is 16.2 Å². The number of Topliss-reactive ketones (excluding diaryl/α,β-unsaturated/α-hetero) is 1. The number of anilines is 2. The molecule has 9 heteroatoms. The molecule has 152 valence electrons. The molecule has 0 radical (unpaired) electrons. The van der Waals surface area contributed by atoms with E-state index in [0.29, 0.717) is 22.0 Å². The molecule has 1 amide bonds. The van der Waals surface area contributed by atoms with Crippen molar-refractivity contribution in [2.45, 2.75) is 31.7 Å². The van der Waals surface area contributed by atoms with Gasteiger partial charge in [0.2, 0.25) is 5.91 Å². The maximum absolute atomic E-state index is 13.1. The Morgan fingerprint density at radius 3 is 2.45 bits per heavy atom. The summed E-state index contributed by atoms with van der Waals surface area (Å²) in [7, 11) is 0. The van der Waals surface area contributed by atoms with E-state index >= 15 is 0 Å².